The van der Waals surface area contributed by atoms with Gasteiger partial charge < -0.3 is 16.0 Å². The van der Waals surface area contributed by atoms with Crippen molar-refractivity contribution in [1.82, 2.24) is 10.2 Å². The lowest BCUT2D eigenvalue weighted by Crippen LogP contribution is -2.31. The second kappa shape index (κ2) is 5.39. The van der Waals surface area contributed by atoms with Crippen LogP contribution in [0.2, 0.25) is 0 Å². The predicted octanol–water partition coefficient (Wildman–Crippen LogP) is 1.82. The van der Waals surface area contributed by atoms with Crippen LogP contribution >= 0.6 is 0 Å². The Morgan fingerprint density at radius 2 is 1.89 bits per heavy atom. The van der Waals surface area contributed by atoms with Crippen LogP contribution in [0.4, 0.5) is 0 Å². The van der Waals surface area contributed by atoms with Gasteiger partial charge in [0.15, 0.2) is 0 Å². The molecule has 2 aliphatic rings. The summed E-state index contributed by atoms with van der Waals surface area (Å²) in [7, 11) is 0. The van der Waals surface area contributed by atoms with E-state index < -0.39 is 0 Å². The molecule has 0 radical (unpaired) electrons. The van der Waals surface area contributed by atoms with Crippen molar-refractivity contribution in [2.24, 2.45) is 5.73 Å². The Kier molecular flexibility index (Phi) is 3.64. The molecule has 2 unspecified atom stereocenters. The van der Waals surface area contributed by atoms with E-state index in [4.69, 9.17) is 5.73 Å². The largest absolute Gasteiger partial charge is 0.324 e. The number of fused-ring (bicyclic) bond motifs is 1. The third kappa shape index (κ3) is 2.44. The first kappa shape index (κ1) is 12.2. The van der Waals surface area contributed by atoms with Gasteiger partial charge in [0.05, 0.1) is 0 Å². The first-order chi connectivity index (χ1) is 8.84. The van der Waals surface area contributed by atoms with Crippen LogP contribution < -0.4 is 11.1 Å². The fourth-order valence-electron chi connectivity index (χ4n) is 3.27. The molecule has 1 aromatic carbocycles. The average molecular weight is 245 g/mol. The molecule has 3 rings (SSSR count). The first-order valence-electron chi connectivity index (χ1n) is 7.15. The standard InChI is InChI=1S/C15H23N3/c16-14-11-15(13-6-2-1-5-12(13)14)17-7-10-18-8-3-4-9-18/h1-2,5-6,14-15,17H,3-4,7-11,16H2. The summed E-state index contributed by atoms with van der Waals surface area (Å²) in [6, 6.07) is 9.26. The van der Waals surface area contributed by atoms with E-state index in [1.54, 1.807) is 0 Å². The molecule has 1 heterocycles. The summed E-state index contributed by atoms with van der Waals surface area (Å²) < 4.78 is 0. The number of rotatable bonds is 4. The monoisotopic (exact) mass is 245 g/mol. The van der Waals surface area contributed by atoms with Crippen LogP contribution in [0, 0.1) is 0 Å². The second-order valence-corrected chi connectivity index (χ2v) is 5.53. The number of hydrogen-bond acceptors (Lipinski definition) is 3. The minimum atomic E-state index is 0.213. The van der Waals surface area contributed by atoms with E-state index in [2.05, 4.69) is 34.5 Å². The Morgan fingerprint density at radius 3 is 2.67 bits per heavy atom. The van der Waals surface area contributed by atoms with Crippen molar-refractivity contribution in [2.45, 2.75) is 31.3 Å². The number of benzene rings is 1. The van der Waals surface area contributed by atoms with Crippen LogP contribution in [0.5, 0.6) is 0 Å². The molecule has 1 fully saturated rings. The summed E-state index contributed by atoms with van der Waals surface area (Å²) in [6.07, 6.45) is 3.79. The lowest BCUT2D eigenvalue weighted by atomic mass is 10.1. The highest BCUT2D eigenvalue weighted by Gasteiger charge is 2.27. The van der Waals surface area contributed by atoms with Gasteiger partial charge in [-0.1, -0.05) is 24.3 Å². The van der Waals surface area contributed by atoms with Crippen LogP contribution in [-0.2, 0) is 0 Å². The maximum Gasteiger partial charge on any atom is 0.0342 e. The van der Waals surface area contributed by atoms with Gasteiger partial charge in [-0.05, 0) is 43.5 Å². The van der Waals surface area contributed by atoms with E-state index in [0.717, 1.165) is 13.0 Å². The molecule has 0 amide bonds. The Bertz CT molecular complexity index is 398. The topological polar surface area (TPSA) is 41.3 Å². The number of nitrogens with one attached hydrogen (secondary N) is 1. The minimum absolute atomic E-state index is 0.213. The van der Waals surface area contributed by atoms with E-state index in [0.29, 0.717) is 6.04 Å². The lowest BCUT2D eigenvalue weighted by Gasteiger charge is -2.18. The number of hydrogen-bond donors (Lipinski definition) is 2. The Balaban J connectivity index is 1.54. The molecule has 0 bridgehead atoms. The van der Waals surface area contributed by atoms with E-state index in [1.807, 2.05) is 0 Å². The van der Waals surface area contributed by atoms with Crippen LogP contribution in [0.1, 0.15) is 42.5 Å². The summed E-state index contributed by atoms with van der Waals surface area (Å²) in [5.41, 5.74) is 8.92. The van der Waals surface area contributed by atoms with Gasteiger partial charge in [-0.2, -0.15) is 0 Å². The molecule has 3 nitrogen and oxygen atoms in total. The molecule has 3 N–H and O–H groups in total. The van der Waals surface area contributed by atoms with Gasteiger partial charge in [0.1, 0.15) is 0 Å². The fourth-order valence-corrected chi connectivity index (χ4v) is 3.27. The summed E-state index contributed by atoms with van der Waals surface area (Å²) in [4.78, 5) is 2.55. The SMILES string of the molecule is NC1CC(NCCN2CCCC2)c2ccccc21. The lowest BCUT2D eigenvalue weighted by molar-refractivity contribution is 0.326. The smallest absolute Gasteiger partial charge is 0.0342 e. The molecular formula is C15H23N3. The summed E-state index contributed by atoms with van der Waals surface area (Å²) in [5.74, 6) is 0. The van der Waals surface area contributed by atoms with E-state index in [1.165, 1.54) is 43.6 Å². The summed E-state index contributed by atoms with van der Waals surface area (Å²) in [6.45, 7) is 4.81. The molecule has 0 spiro atoms. The Morgan fingerprint density at radius 1 is 1.17 bits per heavy atom. The molecule has 1 aromatic rings. The Hall–Kier alpha value is -0.900. The maximum atomic E-state index is 6.18. The van der Waals surface area contributed by atoms with Crippen molar-refractivity contribution in [3.63, 3.8) is 0 Å². The molecule has 3 heteroatoms. The molecule has 1 aliphatic carbocycles. The highest BCUT2D eigenvalue weighted by Crippen LogP contribution is 2.36. The summed E-state index contributed by atoms with van der Waals surface area (Å²) >= 11 is 0. The third-order valence-corrected chi connectivity index (χ3v) is 4.28. The fraction of sp³-hybridized carbons (Fsp3) is 0.600. The van der Waals surface area contributed by atoms with Crippen LogP contribution in [-0.4, -0.2) is 31.1 Å². The number of nitrogens with two attached hydrogens (primary N) is 1. The molecule has 2 atom stereocenters. The molecule has 0 saturated carbocycles. The van der Waals surface area contributed by atoms with Crippen LogP contribution in [0.15, 0.2) is 24.3 Å². The highest BCUT2D eigenvalue weighted by atomic mass is 15.2. The van der Waals surface area contributed by atoms with Crippen molar-refractivity contribution in [1.29, 1.82) is 0 Å². The molecule has 18 heavy (non-hydrogen) atoms. The molecule has 1 saturated heterocycles. The third-order valence-electron chi connectivity index (χ3n) is 4.28. The van der Waals surface area contributed by atoms with Crippen molar-refractivity contribution < 1.29 is 0 Å². The second-order valence-electron chi connectivity index (χ2n) is 5.53. The van der Waals surface area contributed by atoms with E-state index >= 15 is 0 Å². The van der Waals surface area contributed by atoms with Gasteiger partial charge in [-0.3, -0.25) is 0 Å². The number of nitrogens with zero attached hydrogens (tertiary/aromatic N) is 1. The Labute approximate surface area is 109 Å². The van der Waals surface area contributed by atoms with E-state index in [9.17, 15) is 0 Å². The van der Waals surface area contributed by atoms with Gasteiger partial charge in [-0.15, -0.1) is 0 Å². The van der Waals surface area contributed by atoms with Gasteiger partial charge in [0, 0.05) is 25.2 Å². The molecule has 0 aromatic heterocycles. The predicted molar refractivity (Wildman–Crippen MR) is 74.4 cm³/mol. The molecular weight excluding hydrogens is 222 g/mol. The average Bonchev–Trinajstić information content (AvgIpc) is 3.00. The summed E-state index contributed by atoms with van der Waals surface area (Å²) in [5, 5.41) is 3.67. The van der Waals surface area contributed by atoms with Crippen molar-refractivity contribution in [2.75, 3.05) is 26.2 Å². The number of likely N-dealkylation sites (tertiary alicyclic amines) is 1. The molecule has 98 valence electrons. The zero-order valence-electron chi connectivity index (χ0n) is 10.9. The van der Waals surface area contributed by atoms with Crippen molar-refractivity contribution in [3.8, 4) is 0 Å². The highest BCUT2D eigenvalue weighted by molar-refractivity contribution is 5.37. The van der Waals surface area contributed by atoms with Crippen LogP contribution in [0.3, 0.4) is 0 Å². The van der Waals surface area contributed by atoms with Gasteiger partial charge in [0.2, 0.25) is 0 Å². The zero-order valence-corrected chi connectivity index (χ0v) is 10.9. The maximum absolute atomic E-state index is 6.18. The van der Waals surface area contributed by atoms with Crippen LogP contribution in [0.25, 0.3) is 0 Å². The van der Waals surface area contributed by atoms with Crippen molar-refractivity contribution in [3.05, 3.63) is 35.4 Å². The van der Waals surface area contributed by atoms with Gasteiger partial charge in [0.25, 0.3) is 0 Å². The van der Waals surface area contributed by atoms with Gasteiger partial charge in [-0.25, -0.2) is 0 Å². The normalized spacial score (nSPS) is 27.6. The first-order valence-corrected chi connectivity index (χ1v) is 7.15. The molecule has 1 aliphatic heterocycles. The quantitative estimate of drug-likeness (QED) is 0.850. The zero-order chi connectivity index (χ0) is 12.4. The van der Waals surface area contributed by atoms with Gasteiger partial charge >= 0.3 is 0 Å². The minimum Gasteiger partial charge on any atom is -0.324 e. The van der Waals surface area contributed by atoms with E-state index in [-0.39, 0.29) is 6.04 Å². The van der Waals surface area contributed by atoms with Crippen molar-refractivity contribution >= 4 is 0 Å².